The fourth-order valence-corrected chi connectivity index (χ4v) is 2.24. The van der Waals surface area contributed by atoms with Gasteiger partial charge in [-0.2, -0.15) is 0 Å². The van der Waals surface area contributed by atoms with Crippen LogP contribution in [0, 0.1) is 0 Å². The zero-order valence-electron chi connectivity index (χ0n) is 11.6. The number of nitrogens with one attached hydrogen (secondary N) is 1. The third kappa shape index (κ3) is 3.93. The fraction of sp³-hybridized carbons (Fsp3) is 0.500. The predicted octanol–water partition coefficient (Wildman–Crippen LogP) is 1.26. The molecule has 1 saturated heterocycles. The molecule has 0 aromatic heterocycles. The molecule has 1 aromatic rings. The Morgan fingerprint density at radius 2 is 2.20 bits per heavy atom. The molecule has 1 N–H and O–H groups in total. The number of hydroxylamine groups is 2. The van der Waals surface area contributed by atoms with Gasteiger partial charge in [-0.3, -0.25) is 9.63 Å². The van der Waals surface area contributed by atoms with Crippen molar-refractivity contribution in [3.8, 4) is 0 Å². The molecular weight excluding hydrogens is 280 g/mol. The number of hydrogen-bond acceptors (Lipinski definition) is 4. The highest BCUT2D eigenvalue weighted by Gasteiger charge is 2.28. The largest absolute Gasteiger partial charge is 0.365 e. The van der Waals surface area contributed by atoms with Crippen LogP contribution < -0.4 is 5.32 Å². The first kappa shape index (κ1) is 15.3. The number of benzene rings is 1. The van der Waals surface area contributed by atoms with Gasteiger partial charge < -0.3 is 10.1 Å². The molecule has 110 valence electrons. The normalized spacial score (nSPS) is 22.6. The molecule has 0 saturated carbocycles. The van der Waals surface area contributed by atoms with Crippen molar-refractivity contribution in [2.45, 2.75) is 18.6 Å². The number of amides is 1. The van der Waals surface area contributed by atoms with Gasteiger partial charge in [0.2, 0.25) is 0 Å². The molecule has 2 rings (SSSR count). The van der Waals surface area contributed by atoms with Gasteiger partial charge in [-0.1, -0.05) is 23.7 Å². The SMILES string of the molecule is CON(C)C(=O)C1CNC(Cc2ccc(Cl)cc2)CO1. The van der Waals surface area contributed by atoms with E-state index in [1.54, 1.807) is 7.05 Å². The topological polar surface area (TPSA) is 50.8 Å². The van der Waals surface area contributed by atoms with Crippen molar-refractivity contribution in [3.05, 3.63) is 34.9 Å². The number of carbonyl (C=O) groups is 1. The van der Waals surface area contributed by atoms with Crippen LogP contribution in [0.3, 0.4) is 0 Å². The molecule has 1 aliphatic heterocycles. The number of halogens is 1. The summed E-state index contributed by atoms with van der Waals surface area (Å²) in [6, 6.07) is 7.95. The van der Waals surface area contributed by atoms with Crippen LogP contribution in [0.2, 0.25) is 5.02 Å². The van der Waals surface area contributed by atoms with E-state index >= 15 is 0 Å². The molecule has 0 bridgehead atoms. The molecule has 5 nitrogen and oxygen atoms in total. The summed E-state index contributed by atoms with van der Waals surface area (Å²) in [6.07, 6.45) is 0.361. The van der Waals surface area contributed by atoms with Crippen molar-refractivity contribution in [3.63, 3.8) is 0 Å². The van der Waals surface area contributed by atoms with Gasteiger partial charge in [0.1, 0.15) is 0 Å². The van der Waals surface area contributed by atoms with Crippen molar-refractivity contribution in [2.24, 2.45) is 0 Å². The summed E-state index contributed by atoms with van der Waals surface area (Å²) in [5.74, 6) is -0.176. The van der Waals surface area contributed by atoms with Gasteiger partial charge in [-0.05, 0) is 24.1 Å². The van der Waals surface area contributed by atoms with Gasteiger partial charge in [0, 0.05) is 24.7 Å². The Bertz CT molecular complexity index is 444. The van der Waals surface area contributed by atoms with E-state index < -0.39 is 6.10 Å². The number of rotatable bonds is 4. The highest BCUT2D eigenvalue weighted by Crippen LogP contribution is 2.13. The second-order valence-corrected chi connectivity index (χ2v) is 5.21. The lowest BCUT2D eigenvalue weighted by Crippen LogP contribution is -2.53. The summed E-state index contributed by atoms with van der Waals surface area (Å²) in [4.78, 5) is 16.7. The zero-order chi connectivity index (χ0) is 14.5. The van der Waals surface area contributed by atoms with Crippen molar-refractivity contribution in [2.75, 3.05) is 27.3 Å². The minimum Gasteiger partial charge on any atom is -0.365 e. The Kier molecular flexibility index (Phi) is 5.37. The van der Waals surface area contributed by atoms with Crippen molar-refractivity contribution in [1.82, 2.24) is 10.4 Å². The second-order valence-electron chi connectivity index (χ2n) is 4.78. The minimum atomic E-state index is -0.485. The second kappa shape index (κ2) is 7.04. The molecule has 0 radical (unpaired) electrons. The smallest absolute Gasteiger partial charge is 0.276 e. The Hall–Kier alpha value is -1.14. The average molecular weight is 299 g/mol. The number of nitrogens with zero attached hydrogens (tertiary/aromatic N) is 1. The first-order chi connectivity index (χ1) is 9.60. The van der Waals surface area contributed by atoms with Gasteiger partial charge in [-0.15, -0.1) is 0 Å². The Morgan fingerprint density at radius 1 is 1.50 bits per heavy atom. The molecule has 1 heterocycles. The van der Waals surface area contributed by atoms with E-state index in [1.807, 2.05) is 24.3 Å². The minimum absolute atomic E-state index is 0.176. The highest BCUT2D eigenvalue weighted by molar-refractivity contribution is 6.30. The molecule has 6 heteroatoms. The molecule has 1 aliphatic rings. The average Bonchev–Trinajstić information content (AvgIpc) is 2.49. The molecule has 2 atom stereocenters. The van der Waals surface area contributed by atoms with Crippen LogP contribution >= 0.6 is 11.6 Å². The molecule has 1 aromatic carbocycles. The summed E-state index contributed by atoms with van der Waals surface area (Å²) in [5, 5.41) is 5.25. The van der Waals surface area contributed by atoms with E-state index in [-0.39, 0.29) is 11.9 Å². The van der Waals surface area contributed by atoms with Gasteiger partial charge in [0.05, 0.1) is 13.7 Å². The maximum atomic E-state index is 11.9. The van der Waals surface area contributed by atoms with E-state index in [0.29, 0.717) is 13.2 Å². The van der Waals surface area contributed by atoms with Gasteiger partial charge in [0.25, 0.3) is 5.91 Å². The quantitative estimate of drug-likeness (QED) is 0.850. The molecule has 1 fully saturated rings. The van der Waals surface area contributed by atoms with Gasteiger partial charge >= 0.3 is 0 Å². The van der Waals surface area contributed by atoms with Crippen molar-refractivity contribution in [1.29, 1.82) is 0 Å². The molecule has 20 heavy (non-hydrogen) atoms. The first-order valence-corrected chi connectivity index (χ1v) is 6.89. The number of hydrogen-bond donors (Lipinski definition) is 1. The lowest BCUT2D eigenvalue weighted by molar-refractivity contribution is -0.183. The highest BCUT2D eigenvalue weighted by atomic mass is 35.5. The Morgan fingerprint density at radius 3 is 2.75 bits per heavy atom. The molecule has 0 spiro atoms. The van der Waals surface area contributed by atoms with Crippen LogP contribution in [0.4, 0.5) is 0 Å². The van der Waals surface area contributed by atoms with Gasteiger partial charge in [0.15, 0.2) is 6.10 Å². The fourth-order valence-electron chi connectivity index (χ4n) is 2.11. The summed E-state index contributed by atoms with van der Waals surface area (Å²) >= 11 is 5.86. The number of ether oxygens (including phenoxy) is 1. The van der Waals surface area contributed by atoms with Crippen LogP contribution in [-0.2, 0) is 20.8 Å². The lowest BCUT2D eigenvalue weighted by Gasteiger charge is -2.31. The molecular formula is C14H19ClN2O3. The lowest BCUT2D eigenvalue weighted by atomic mass is 10.1. The maximum Gasteiger partial charge on any atom is 0.276 e. The molecule has 1 amide bonds. The van der Waals surface area contributed by atoms with Gasteiger partial charge in [-0.25, -0.2) is 5.06 Å². The van der Waals surface area contributed by atoms with Crippen LogP contribution in [0.1, 0.15) is 5.56 Å². The predicted molar refractivity (Wildman–Crippen MR) is 76.5 cm³/mol. The standard InChI is InChI=1S/C14H19ClN2O3/c1-17(19-2)14(18)13-8-16-12(9-20-13)7-10-3-5-11(15)6-4-10/h3-6,12-13,16H,7-9H2,1-2H3. The maximum absolute atomic E-state index is 11.9. The zero-order valence-corrected chi connectivity index (χ0v) is 12.4. The molecule has 0 aliphatic carbocycles. The van der Waals surface area contributed by atoms with E-state index in [0.717, 1.165) is 11.4 Å². The van der Waals surface area contributed by atoms with Crippen LogP contribution in [0.15, 0.2) is 24.3 Å². The summed E-state index contributed by atoms with van der Waals surface area (Å²) in [6.45, 7) is 0.987. The van der Waals surface area contributed by atoms with E-state index in [1.165, 1.54) is 17.7 Å². The Balaban J connectivity index is 1.82. The van der Waals surface area contributed by atoms with E-state index in [4.69, 9.17) is 21.2 Å². The number of likely N-dealkylation sites (N-methyl/N-ethyl adjacent to an activating group) is 1. The third-order valence-electron chi connectivity index (χ3n) is 3.35. The summed E-state index contributed by atoms with van der Waals surface area (Å²) in [7, 11) is 3.03. The van der Waals surface area contributed by atoms with Crippen molar-refractivity contribution < 1.29 is 14.4 Å². The summed E-state index contributed by atoms with van der Waals surface area (Å²) in [5.41, 5.74) is 1.19. The van der Waals surface area contributed by atoms with Crippen LogP contribution in [0.25, 0.3) is 0 Å². The van der Waals surface area contributed by atoms with Crippen LogP contribution in [-0.4, -0.2) is 50.4 Å². The number of morpholine rings is 1. The first-order valence-electron chi connectivity index (χ1n) is 6.51. The summed E-state index contributed by atoms with van der Waals surface area (Å²) < 4.78 is 5.61. The monoisotopic (exact) mass is 298 g/mol. The molecule has 2 unspecified atom stereocenters. The van der Waals surface area contributed by atoms with Crippen LogP contribution in [0.5, 0.6) is 0 Å². The van der Waals surface area contributed by atoms with E-state index in [2.05, 4.69) is 5.32 Å². The van der Waals surface area contributed by atoms with E-state index in [9.17, 15) is 4.79 Å². The third-order valence-corrected chi connectivity index (χ3v) is 3.60. The Labute approximate surface area is 123 Å². The number of carbonyl (C=O) groups excluding carboxylic acids is 1. The van der Waals surface area contributed by atoms with Crippen molar-refractivity contribution >= 4 is 17.5 Å².